The standard InChI is InChI=1S/C12H15BrN2OS/c1-8(12-14-5-6-17-12)7-15-9(2)10-3-4-11(13)16-10/h3-6,8-9,15H,7H2,1-2H3. The first-order chi connectivity index (χ1) is 8.16. The zero-order valence-electron chi connectivity index (χ0n) is 9.81. The minimum atomic E-state index is 0.212. The first-order valence-electron chi connectivity index (χ1n) is 5.55. The van der Waals surface area contributed by atoms with E-state index < -0.39 is 0 Å². The molecular weight excluding hydrogens is 300 g/mol. The second-order valence-corrected chi connectivity index (χ2v) is 5.75. The van der Waals surface area contributed by atoms with Gasteiger partial charge in [0.2, 0.25) is 0 Å². The molecule has 0 aromatic carbocycles. The highest BCUT2D eigenvalue weighted by atomic mass is 79.9. The Balaban J connectivity index is 1.86. The second kappa shape index (κ2) is 5.80. The molecule has 0 aliphatic heterocycles. The van der Waals surface area contributed by atoms with Crippen molar-refractivity contribution < 1.29 is 4.42 Å². The van der Waals surface area contributed by atoms with E-state index in [0.717, 1.165) is 17.0 Å². The van der Waals surface area contributed by atoms with Gasteiger partial charge >= 0.3 is 0 Å². The SMILES string of the molecule is CC(CNC(C)c1ccc(Br)o1)c1nccs1. The second-order valence-electron chi connectivity index (χ2n) is 4.04. The van der Waals surface area contributed by atoms with Gasteiger partial charge in [-0.2, -0.15) is 0 Å². The van der Waals surface area contributed by atoms with Crippen LogP contribution in [0, 0.1) is 0 Å². The Kier molecular flexibility index (Phi) is 4.36. The van der Waals surface area contributed by atoms with Crippen molar-refractivity contribution in [3.05, 3.63) is 39.1 Å². The molecule has 3 nitrogen and oxygen atoms in total. The van der Waals surface area contributed by atoms with E-state index in [2.05, 4.69) is 40.1 Å². The molecule has 2 atom stereocenters. The summed E-state index contributed by atoms with van der Waals surface area (Å²) in [5.74, 6) is 1.37. The third kappa shape index (κ3) is 3.40. The van der Waals surface area contributed by atoms with Crippen molar-refractivity contribution in [1.29, 1.82) is 0 Å². The molecule has 92 valence electrons. The third-order valence-corrected chi connectivity index (χ3v) is 4.06. The zero-order chi connectivity index (χ0) is 12.3. The Morgan fingerprint density at radius 1 is 1.47 bits per heavy atom. The molecule has 0 fully saturated rings. The molecule has 0 aliphatic carbocycles. The smallest absolute Gasteiger partial charge is 0.169 e. The summed E-state index contributed by atoms with van der Waals surface area (Å²) >= 11 is 5.01. The molecule has 2 aromatic heterocycles. The summed E-state index contributed by atoms with van der Waals surface area (Å²) in [5.41, 5.74) is 0. The molecule has 0 radical (unpaired) electrons. The normalized spacial score (nSPS) is 14.8. The van der Waals surface area contributed by atoms with Crippen LogP contribution in [0.5, 0.6) is 0 Å². The topological polar surface area (TPSA) is 38.1 Å². The predicted octanol–water partition coefficient (Wildman–Crippen LogP) is 3.95. The van der Waals surface area contributed by atoms with Crippen LogP contribution < -0.4 is 5.32 Å². The Bertz CT molecular complexity index is 455. The van der Waals surface area contributed by atoms with Gasteiger partial charge in [-0.3, -0.25) is 0 Å². The van der Waals surface area contributed by atoms with Crippen molar-refractivity contribution in [2.45, 2.75) is 25.8 Å². The molecule has 0 aliphatic rings. The van der Waals surface area contributed by atoms with Crippen LogP contribution in [0.2, 0.25) is 0 Å². The summed E-state index contributed by atoms with van der Waals surface area (Å²) in [4.78, 5) is 4.32. The number of hydrogen-bond donors (Lipinski definition) is 1. The van der Waals surface area contributed by atoms with Gasteiger partial charge < -0.3 is 9.73 Å². The maximum atomic E-state index is 5.51. The lowest BCUT2D eigenvalue weighted by Crippen LogP contribution is -2.23. The van der Waals surface area contributed by atoms with Crippen molar-refractivity contribution in [2.75, 3.05) is 6.54 Å². The number of rotatable bonds is 5. The number of furan rings is 1. The first-order valence-corrected chi connectivity index (χ1v) is 7.22. The van der Waals surface area contributed by atoms with Crippen molar-refractivity contribution in [1.82, 2.24) is 10.3 Å². The lowest BCUT2D eigenvalue weighted by atomic mass is 10.1. The van der Waals surface area contributed by atoms with E-state index in [4.69, 9.17) is 4.42 Å². The number of aromatic nitrogens is 1. The van der Waals surface area contributed by atoms with E-state index in [1.54, 1.807) is 11.3 Å². The third-order valence-electron chi connectivity index (χ3n) is 2.62. The molecule has 2 unspecified atom stereocenters. The molecule has 0 saturated carbocycles. The van der Waals surface area contributed by atoms with Crippen LogP contribution in [0.25, 0.3) is 0 Å². The van der Waals surface area contributed by atoms with Crippen molar-refractivity contribution in [3.63, 3.8) is 0 Å². The minimum Gasteiger partial charge on any atom is -0.453 e. The van der Waals surface area contributed by atoms with E-state index in [-0.39, 0.29) is 6.04 Å². The van der Waals surface area contributed by atoms with Crippen molar-refractivity contribution in [2.24, 2.45) is 0 Å². The molecule has 0 bridgehead atoms. The fourth-order valence-electron chi connectivity index (χ4n) is 1.58. The number of nitrogens with one attached hydrogen (secondary N) is 1. The van der Waals surface area contributed by atoms with E-state index in [0.29, 0.717) is 5.92 Å². The fraction of sp³-hybridized carbons (Fsp3) is 0.417. The van der Waals surface area contributed by atoms with Gasteiger partial charge in [-0.15, -0.1) is 11.3 Å². The minimum absolute atomic E-state index is 0.212. The molecule has 0 spiro atoms. The molecule has 2 heterocycles. The van der Waals surface area contributed by atoms with Crippen LogP contribution >= 0.6 is 27.3 Å². The Morgan fingerprint density at radius 2 is 2.29 bits per heavy atom. The van der Waals surface area contributed by atoms with Crippen LogP contribution in [-0.2, 0) is 0 Å². The summed E-state index contributed by atoms with van der Waals surface area (Å²) in [6.45, 7) is 5.17. The molecule has 2 rings (SSSR count). The average Bonchev–Trinajstić information content (AvgIpc) is 2.95. The van der Waals surface area contributed by atoms with Gasteiger partial charge in [0.05, 0.1) is 11.0 Å². The van der Waals surface area contributed by atoms with Crippen molar-refractivity contribution in [3.8, 4) is 0 Å². The van der Waals surface area contributed by atoms with Crippen LogP contribution in [0.3, 0.4) is 0 Å². The summed E-state index contributed by atoms with van der Waals surface area (Å²) in [6.07, 6.45) is 1.85. The summed E-state index contributed by atoms with van der Waals surface area (Å²) in [6, 6.07) is 4.11. The molecule has 0 saturated heterocycles. The van der Waals surface area contributed by atoms with Crippen LogP contribution in [0.4, 0.5) is 0 Å². The van der Waals surface area contributed by atoms with Crippen LogP contribution in [-0.4, -0.2) is 11.5 Å². The van der Waals surface area contributed by atoms with Gasteiger partial charge in [0, 0.05) is 24.0 Å². The van der Waals surface area contributed by atoms with Gasteiger partial charge in [-0.1, -0.05) is 6.92 Å². The van der Waals surface area contributed by atoms with Gasteiger partial charge in [0.1, 0.15) is 5.76 Å². The van der Waals surface area contributed by atoms with E-state index in [1.807, 2.05) is 23.7 Å². The van der Waals surface area contributed by atoms with Gasteiger partial charge in [-0.25, -0.2) is 4.98 Å². The predicted molar refractivity (Wildman–Crippen MR) is 73.4 cm³/mol. The number of hydrogen-bond acceptors (Lipinski definition) is 4. The zero-order valence-corrected chi connectivity index (χ0v) is 12.2. The summed E-state index contributed by atoms with van der Waals surface area (Å²) < 4.78 is 6.28. The number of thiazole rings is 1. The van der Waals surface area contributed by atoms with E-state index >= 15 is 0 Å². The summed E-state index contributed by atoms with van der Waals surface area (Å²) in [5, 5.41) is 6.64. The lowest BCUT2D eigenvalue weighted by Gasteiger charge is -2.14. The Morgan fingerprint density at radius 3 is 2.88 bits per heavy atom. The maximum Gasteiger partial charge on any atom is 0.169 e. The summed E-state index contributed by atoms with van der Waals surface area (Å²) in [7, 11) is 0. The molecule has 5 heteroatoms. The largest absolute Gasteiger partial charge is 0.453 e. The van der Waals surface area contributed by atoms with Gasteiger partial charge in [0.25, 0.3) is 0 Å². The van der Waals surface area contributed by atoms with E-state index in [9.17, 15) is 0 Å². The average molecular weight is 315 g/mol. The molecular formula is C12H15BrN2OS. The molecule has 17 heavy (non-hydrogen) atoms. The Labute approximate surface area is 113 Å². The number of halogens is 1. The fourth-order valence-corrected chi connectivity index (χ4v) is 2.60. The quantitative estimate of drug-likeness (QED) is 0.908. The maximum absolute atomic E-state index is 5.51. The highest BCUT2D eigenvalue weighted by molar-refractivity contribution is 9.10. The Hall–Kier alpha value is -0.650. The number of nitrogens with zero attached hydrogens (tertiary/aromatic N) is 1. The van der Waals surface area contributed by atoms with Crippen LogP contribution in [0.15, 0.2) is 32.8 Å². The highest BCUT2D eigenvalue weighted by Crippen LogP contribution is 2.21. The molecule has 0 amide bonds. The van der Waals surface area contributed by atoms with Gasteiger partial charge in [-0.05, 0) is 35.0 Å². The van der Waals surface area contributed by atoms with Crippen LogP contribution in [0.1, 0.15) is 36.6 Å². The monoisotopic (exact) mass is 314 g/mol. The van der Waals surface area contributed by atoms with Gasteiger partial charge in [0.15, 0.2) is 4.67 Å². The van der Waals surface area contributed by atoms with Crippen molar-refractivity contribution >= 4 is 27.3 Å². The lowest BCUT2D eigenvalue weighted by molar-refractivity contribution is 0.412. The van der Waals surface area contributed by atoms with E-state index in [1.165, 1.54) is 5.01 Å². The first kappa shape index (κ1) is 12.8. The highest BCUT2D eigenvalue weighted by Gasteiger charge is 2.13. The molecule has 1 N–H and O–H groups in total. The molecule has 2 aromatic rings.